The minimum atomic E-state index is -1.11. The third-order valence-corrected chi connectivity index (χ3v) is 6.32. The van der Waals surface area contributed by atoms with E-state index in [9.17, 15) is 29.4 Å². The van der Waals surface area contributed by atoms with Gasteiger partial charge in [-0.25, -0.2) is 9.59 Å². The van der Waals surface area contributed by atoms with Gasteiger partial charge < -0.3 is 30.3 Å². The lowest BCUT2D eigenvalue weighted by Gasteiger charge is -2.20. The second-order valence-electron chi connectivity index (χ2n) is 10.4. The van der Waals surface area contributed by atoms with Crippen LogP contribution < -0.4 is 10.6 Å². The molecule has 0 spiro atoms. The molecule has 4 N–H and O–H groups in total. The van der Waals surface area contributed by atoms with Crippen LogP contribution in [0.4, 0.5) is 0 Å². The first-order valence-corrected chi connectivity index (χ1v) is 16.6. The summed E-state index contributed by atoms with van der Waals surface area (Å²) in [7, 11) is 0. The Hall–Kier alpha value is -4.02. The summed E-state index contributed by atoms with van der Waals surface area (Å²) in [5, 5.41) is 23.7. The van der Waals surface area contributed by atoms with Gasteiger partial charge in [-0.1, -0.05) is 79.8 Å². The highest BCUT2D eigenvalue weighted by Gasteiger charge is 2.24. The number of allylic oxidation sites excluding steroid dienone is 12. The average Bonchev–Trinajstić information content (AvgIpc) is 3.06. The molecule has 10 nitrogen and oxygen atoms in total. The lowest BCUT2D eigenvalue weighted by atomic mass is 10.1. The molecule has 0 aromatic carbocycles. The molecule has 0 aromatic heterocycles. The number of ether oxygens (including phenoxy) is 2. The van der Waals surface area contributed by atoms with Gasteiger partial charge in [0.1, 0.15) is 12.1 Å². The van der Waals surface area contributed by atoms with Crippen LogP contribution in [0.25, 0.3) is 0 Å². The van der Waals surface area contributed by atoms with Crippen LogP contribution in [-0.4, -0.2) is 72.5 Å². The third kappa shape index (κ3) is 28.0. The lowest BCUT2D eigenvalue weighted by molar-refractivity contribution is -0.157. The van der Waals surface area contributed by atoms with Gasteiger partial charge in [-0.15, -0.1) is 0 Å². The van der Waals surface area contributed by atoms with E-state index in [1.165, 1.54) is 0 Å². The van der Waals surface area contributed by atoms with E-state index in [0.717, 1.165) is 50.7 Å². The fourth-order valence-electron chi connectivity index (χ4n) is 3.83. The van der Waals surface area contributed by atoms with Gasteiger partial charge in [0.2, 0.25) is 11.8 Å². The number of aliphatic hydroxyl groups is 2. The van der Waals surface area contributed by atoms with E-state index >= 15 is 0 Å². The van der Waals surface area contributed by atoms with Crippen LogP contribution in [0, 0.1) is 0 Å². The molecule has 262 valence electrons. The second kappa shape index (κ2) is 31.9. The lowest BCUT2D eigenvalue weighted by Crippen LogP contribution is -2.43. The quantitative estimate of drug-likeness (QED) is 0.0405. The summed E-state index contributed by atoms with van der Waals surface area (Å²) in [6.45, 7) is 3.17. The monoisotopic (exact) mass is 656 g/mol. The van der Waals surface area contributed by atoms with Crippen molar-refractivity contribution >= 4 is 23.8 Å². The first-order valence-electron chi connectivity index (χ1n) is 16.6. The standard InChI is InChI=1S/C37H56N2O8/c1-3-5-6-7-8-9-10-11-12-13-14-15-16-17-18-19-20-21-22-26-34(42)38-29-24-23-25-33(37(45)47-32(30-40)31-41)39-35(43)27-28-36(44)46-4-2/h5-6,8-9,11-12,14-15,17-18,20-21,27-28,32-33,40-41H,3-4,7,10,13,16,19,22-26,29-31H2,1-2H3,(H,38,42)(H,39,43)/t33-/m0/s1. The van der Waals surface area contributed by atoms with Gasteiger partial charge in [-0.05, 0) is 71.1 Å². The van der Waals surface area contributed by atoms with Crippen LogP contribution in [0.3, 0.4) is 0 Å². The van der Waals surface area contributed by atoms with Crippen molar-refractivity contribution in [1.29, 1.82) is 0 Å². The van der Waals surface area contributed by atoms with E-state index in [1.54, 1.807) is 6.92 Å². The van der Waals surface area contributed by atoms with Gasteiger partial charge in [0.25, 0.3) is 0 Å². The Morgan fingerprint density at radius 1 is 0.702 bits per heavy atom. The molecule has 2 amide bonds. The maximum absolute atomic E-state index is 12.5. The number of nitrogens with one attached hydrogen (secondary N) is 2. The SMILES string of the molecule is CCC=CCC=CCC=CCC=CCC=CCC=CCCC(=O)NCCCC[C@H](NC(=O)C=CC(=O)OCC)C(=O)OC(CO)CO. The molecular formula is C37H56N2O8. The Labute approximate surface area is 281 Å². The number of amides is 2. The van der Waals surface area contributed by atoms with Gasteiger partial charge in [-0.2, -0.15) is 0 Å². The Bertz CT molecular complexity index is 1070. The zero-order chi connectivity index (χ0) is 34.8. The molecule has 1 atom stereocenters. The van der Waals surface area contributed by atoms with E-state index in [4.69, 9.17) is 9.47 Å². The number of unbranched alkanes of at least 4 members (excludes halogenated alkanes) is 1. The van der Waals surface area contributed by atoms with E-state index in [2.05, 4.69) is 78.3 Å². The zero-order valence-corrected chi connectivity index (χ0v) is 28.2. The van der Waals surface area contributed by atoms with Crippen LogP contribution in [-0.2, 0) is 28.7 Å². The molecule has 47 heavy (non-hydrogen) atoms. The number of hydrogen-bond acceptors (Lipinski definition) is 8. The zero-order valence-electron chi connectivity index (χ0n) is 28.2. The summed E-state index contributed by atoms with van der Waals surface area (Å²) < 4.78 is 9.76. The fourth-order valence-corrected chi connectivity index (χ4v) is 3.83. The Morgan fingerprint density at radius 3 is 1.74 bits per heavy atom. The summed E-state index contributed by atoms with van der Waals surface area (Å²) in [6, 6.07) is -1.07. The molecular weight excluding hydrogens is 600 g/mol. The van der Waals surface area contributed by atoms with Crippen molar-refractivity contribution in [3.05, 3.63) is 85.1 Å². The van der Waals surface area contributed by atoms with Crippen LogP contribution >= 0.6 is 0 Å². The summed E-state index contributed by atoms with van der Waals surface area (Å²) in [5.41, 5.74) is 0. The van der Waals surface area contributed by atoms with Gasteiger partial charge in [-0.3, -0.25) is 9.59 Å². The van der Waals surface area contributed by atoms with Gasteiger partial charge >= 0.3 is 11.9 Å². The van der Waals surface area contributed by atoms with Crippen molar-refractivity contribution in [2.75, 3.05) is 26.4 Å². The van der Waals surface area contributed by atoms with Crippen molar-refractivity contribution in [3.63, 3.8) is 0 Å². The molecule has 0 saturated heterocycles. The van der Waals surface area contributed by atoms with Crippen LogP contribution in [0.2, 0.25) is 0 Å². The van der Waals surface area contributed by atoms with Crippen molar-refractivity contribution in [2.45, 2.75) is 96.6 Å². The predicted octanol–water partition coefficient (Wildman–Crippen LogP) is 5.25. The summed E-state index contributed by atoms with van der Waals surface area (Å²) in [5.74, 6) is -2.30. The highest BCUT2D eigenvalue weighted by molar-refractivity contribution is 5.96. The molecule has 0 heterocycles. The maximum atomic E-state index is 12.5. The maximum Gasteiger partial charge on any atom is 0.330 e. The van der Waals surface area contributed by atoms with Crippen molar-refractivity contribution in [2.24, 2.45) is 0 Å². The highest BCUT2D eigenvalue weighted by Crippen LogP contribution is 2.06. The summed E-state index contributed by atoms with van der Waals surface area (Å²) >= 11 is 0. The molecule has 0 fully saturated rings. The van der Waals surface area contributed by atoms with E-state index in [0.29, 0.717) is 32.2 Å². The van der Waals surface area contributed by atoms with Crippen molar-refractivity contribution in [1.82, 2.24) is 10.6 Å². The van der Waals surface area contributed by atoms with E-state index in [1.807, 2.05) is 12.2 Å². The minimum absolute atomic E-state index is 0.0772. The summed E-state index contributed by atoms with van der Waals surface area (Å²) in [4.78, 5) is 48.3. The number of carbonyl (C=O) groups is 4. The summed E-state index contributed by atoms with van der Waals surface area (Å²) in [6.07, 6.45) is 34.3. The van der Waals surface area contributed by atoms with Gasteiger partial charge in [0, 0.05) is 25.1 Å². The highest BCUT2D eigenvalue weighted by atomic mass is 16.6. The molecule has 0 saturated carbocycles. The van der Waals surface area contributed by atoms with E-state index in [-0.39, 0.29) is 18.9 Å². The molecule has 0 radical (unpaired) electrons. The van der Waals surface area contributed by atoms with E-state index < -0.39 is 43.2 Å². The van der Waals surface area contributed by atoms with Crippen LogP contribution in [0.5, 0.6) is 0 Å². The molecule has 0 aliphatic carbocycles. The fraction of sp³-hybridized carbons (Fsp3) is 0.514. The third-order valence-electron chi connectivity index (χ3n) is 6.32. The molecule has 0 aliphatic heterocycles. The second-order valence-corrected chi connectivity index (χ2v) is 10.4. The first kappa shape index (κ1) is 43.0. The Kier molecular flexibility index (Phi) is 29.2. The minimum Gasteiger partial charge on any atom is -0.463 e. The Morgan fingerprint density at radius 2 is 1.23 bits per heavy atom. The predicted molar refractivity (Wildman–Crippen MR) is 186 cm³/mol. The topological polar surface area (TPSA) is 151 Å². The number of carbonyl (C=O) groups excluding carboxylic acids is 4. The number of aliphatic hydroxyl groups excluding tert-OH is 2. The number of esters is 2. The molecule has 0 unspecified atom stereocenters. The molecule has 0 aliphatic rings. The van der Waals surface area contributed by atoms with Crippen LogP contribution in [0.15, 0.2) is 85.1 Å². The van der Waals surface area contributed by atoms with Gasteiger partial charge in [0.05, 0.1) is 19.8 Å². The molecule has 0 bridgehead atoms. The van der Waals surface area contributed by atoms with Crippen molar-refractivity contribution < 1.29 is 38.9 Å². The Balaban J connectivity index is 4.22. The smallest absolute Gasteiger partial charge is 0.330 e. The average molecular weight is 657 g/mol. The molecule has 10 heteroatoms. The van der Waals surface area contributed by atoms with Crippen LogP contribution in [0.1, 0.15) is 84.5 Å². The number of hydrogen-bond donors (Lipinski definition) is 4. The number of rotatable bonds is 27. The molecule has 0 rings (SSSR count). The first-order chi connectivity index (χ1) is 22.9. The van der Waals surface area contributed by atoms with Crippen molar-refractivity contribution in [3.8, 4) is 0 Å². The van der Waals surface area contributed by atoms with Gasteiger partial charge in [0.15, 0.2) is 0 Å². The largest absolute Gasteiger partial charge is 0.463 e. The molecule has 0 aromatic rings. The normalized spacial score (nSPS) is 13.0.